The summed E-state index contributed by atoms with van der Waals surface area (Å²) in [5.41, 5.74) is 4.50. The highest BCUT2D eigenvalue weighted by atomic mass is 28.4. The maximum atomic E-state index is 9.00. The molecule has 14 heavy (non-hydrogen) atoms. The van der Waals surface area contributed by atoms with Crippen LogP contribution in [0.5, 0.6) is 0 Å². The molecular weight excluding hydrogens is 198 g/mol. The fourth-order valence-corrected chi connectivity index (χ4v) is 3.02. The van der Waals surface area contributed by atoms with Crippen molar-refractivity contribution in [2.75, 3.05) is 13.7 Å². The zero-order chi connectivity index (χ0) is 11.6. The van der Waals surface area contributed by atoms with Gasteiger partial charge in [0, 0.05) is 13.5 Å². The van der Waals surface area contributed by atoms with E-state index in [0.717, 1.165) is 13.5 Å². The Balaban J connectivity index is 0. The fraction of sp³-hybridized carbons (Fsp3) is 0.889. The molecule has 0 aromatic heterocycles. The summed E-state index contributed by atoms with van der Waals surface area (Å²) >= 11 is 0. The van der Waals surface area contributed by atoms with Gasteiger partial charge in [-0.05, 0) is 32.6 Å². The normalized spacial score (nSPS) is 18.1. The lowest BCUT2D eigenvalue weighted by Crippen LogP contribution is -2.33. The molecule has 0 spiro atoms. The number of carboxylic acids is 1. The molecule has 0 bridgehead atoms. The molecule has 4 nitrogen and oxygen atoms in total. The van der Waals surface area contributed by atoms with Crippen molar-refractivity contribution < 1.29 is 14.3 Å². The fourth-order valence-electron chi connectivity index (χ4n) is 1.07. The summed E-state index contributed by atoms with van der Waals surface area (Å²) in [6, 6.07) is 1.37. The molecule has 0 atom stereocenters. The first-order chi connectivity index (χ1) is 6.44. The number of aliphatic carboxylic acids is 1. The van der Waals surface area contributed by atoms with Crippen LogP contribution in [0.2, 0.25) is 19.1 Å². The van der Waals surface area contributed by atoms with Crippen molar-refractivity contribution in [2.45, 2.75) is 38.9 Å². The van der Waals surface area contributed by atoms with Crippen LogP contribution in [0.15, 0.2) is 0 Å². The highest BCUT2D eigenvalue weighted by Gasteiger charge is 2.24. The van der Waals surface area contributed by atoms with E-state index in [4.69, 9.17) is 14.3 Å². The minimum Gasteiger partial charge on any atom is -0.481 e. The third-order valence-electron chi connectivity index (χ3n) is 1.67. The monoisotopic (exact) mass is 221 g/mol. The first-order valence-corrected chi connectivity index (χ1v) is 7.97. The van der Waals surface area contributed by atoms with Gasteiger partial charge in [-0.15, -0.1) is 0 Å². The number of nitrogens with two attached hydrogens (primary N) is 1. The average molecular weight is 221 g/mol. The molecule has 0 saturated carbocycles. The summed E-state index contributed by atoms with van der Waals surface area (Å²) in [5, 5.41) is 7.42. The van der Waals surface area contributed by atoms with Crippen LogP contribution in [-0.4, -0.2) is 33.0 Å². The molecule has 1 aliphatic heterocycles. The smallest absolute Gasteiger partial charge is 0.300 e. The zero-order valence-corrected chi connectivity index (χ0v) is 10.7. The Morgan fingerprint density at radius 1 is 1.36 bits per heavy atom. The molecule has 0 aromatic rings. The van der Waals surface area contributed by atoms with Crippen molar-refractivity contribution in [1.29, 1.82) is 0 Å². The van der Waals surface area contributed by atoms with Crippen LogP contribution < -0.4 is 5.73 Å². The van der Waals surface area contributed by atoms with E-state index in [0.29, 0.717) is 0 Å². The van der Waals surface area contributed by atoms with Gasteiger partial charge in [0.2, 0.25) is 0 Å². The highest BCUT2D eigenvalue weighted by Crippen LogP contribution is 2.20. The van der Waals surface area contributed by atoms with Crippen LogP contribution in [0.1, 0.15) is 19.8 Å². The molecule has 0 aromatic carbocycles. The SMILES string of the molecule is CC(=O)O.CN.C[Si]1(C)CCCCO1. The van der Waals surface area contributed by atoms with Crippen molar-refractivity contribution in [3.63, 3.8) is 0 Å². The van der Waals surface area contributed by atoms with E-state index in [2.05, 4.69) is 18.8 Å². The van der Waals surface area contributed by atoms with Gasteiger partial charge in [0.05, 0.1) is 0 Å². The Morgan fingerprint density at radius 3 is 1.93 bits per heavy atom. The first kappa shape index (κ1) is 16.1. The second kappa shape index (κ2) is 9.17. The number of rotatable bonds is 0. The number of hydrogen-bond acceptors (Lipinski definition) is 3. The molecule has 0 amide bonds. The van der Waals surface area contributed by atoms with E-state index >= 15 is 0 Å². The zero-order valence-electron chi connectivity index (χ0n) is 9.67. The number of carboxylic acid groups (broad SMARTS) is 1. The second-order valence-electron chi connectivity index (χ2n) is 3.58. The highest BCUT2D eigenvalue weighted by molar-refractivity contribution is 6.71. The standard InChI is InChI=1S/C6H14OSi.C2H4O2.CH5N/c1-8(2)6-4-3-5-7-8;1-2(3)4;1-2/h3-6H2,1-2H3;1H3,(H,3,4);2H2,1H3. The first-order valence-electron chi connectivity index (χ1n) is 4.85. The summed E-state index contributed by atoms with van der Waals surface area (Å²) < 4.78 is 5.60. The third-order valence-corrected chi connectivity index (χ3v) is 4.21. The van der Waals surface area contributed by atoms with Crippen molar-refractivity contribution in [1.82, 2.24) is 0 Å². The maximum absolute atomic E-state index is 9.00. The predicted molar refractivity (Wildman–Crippen MR) is 60.9 cm³/mol. The molecule has 3 N–H and O–H groups in total. The van der Waals surface area contributed by atoms with E-state index < -0.39 is 14.3 Å². The molecule has 1 fully saturated rings. The van der Waals surface area contributed by atoms with Gasteiger partial charge in [-0.2, -0.15) is 0 Å². The maximum Gasteiger partial charge on any atom is 0.300 e. The van der Waals surface area contributed by atoms with Gasteiger partial charge in [-0.25, -0.2) is 0 Å². The Hall–Kier alpha value is -0.393. The molecule has 1 saturated heterocycles. The molecule has 1 rings (SSSR count). The summed E-state index contributed by atoms with van der Waals surface area (Å²) in [4.78, 5) is 9.00. The van der Waals surface area contributed by atoms with E-state index in [1.165, 1.54) is 25.9 Å². The summed E-state index contributed by atoms with van der Waals surface area (Å²) in [5.74, 6) is -0.833. The van der Waals surface area contributed by atoms with Crippen molar-refractivity contribution in [3.8, 4) is 0 Å². The third kappa shape index (κ3) is 14.1. The van der Waals surface area contributed by atoms with Crippen LogP contribution in [0.4, 0.5) is 0 Å². The quantitative estimate of drug-likeness (QED) is 0.610. The van der Waals surface area contributed by atoms with E-state index in [-0.39, 0.29) is 0 Å². The van der Waals surface area contributed by atoms with Crippen LogP contribution in [-0.2, 0) is 9.22 Å². The number of carbonyl (C=O) groups is 1. The molecule has 0 aliphatic carbocycles. The molecule has 0 radical (unpaired) electrons. The largest absolute Gasteiger partial charge is 0.481 e. The van der Waals surface area contributed by atoms with Crippen molar-refractivity contribution in [3.05, 3.63) is 0 Å². The average Bonchev–Trinajstić information content (AvgIpc) is 2.06. The predicted octanol–water partition coefficient (Wildman–Crippen LogP) is 1.67. The van der Waals surface area contributed by atoms with Gasteiger partial charge in [0.15, 0.2) is 8.32 Å². The molecular formula is C9H23NO3Si. The van der Waals surface area contributed by atoms with Gasteiger partial charge < -0.3 is 15.3 Å². The van der Waals surface area contributed by atoms with Gasteiger partial charge in [-0.3, -0.25) is 4.79 Å². The van der Waals surface area contributed by atoms with Crippen LogP contribution >= 0.6 is 0 Å². The number of hydrogen-bond donors (Lipinski definition) is 2. The lowest BCUT2D eigenvalue weighted by molar-refractivity contribution is -0.134. The van der Waals surface area contributed by atoms with Crippen molar-refractivity contribution >= 4 is 14.3 Å². The lowest BCUT2D eigenvalue weighted by atomic mass is 10.4. The van der Waals surface area contributed by atoms with Crippen LogP contribution in [0.25, 0.3) is 0 Å². The molecule has 0 unspecified atom stereocenters. The van der Waals surface area contributed by atoms with E-state index in [9.17, 15) is 0 Å². The van der Waals surface area contributed by atoms with Crippen LogP contribution in [0.3, 0.4) is 0 Å². The van der Waals surface area contributed by atoms with Gasteiger partial charge in [-0.1, -0.05) is 6.42 Å². The van der Waals surface area contributed by atoms with Gasteiger partial charge in [0.1, 0.15) is 0 Å². The minimum absolute atomic E-state index is 0.833. The Kier molecular flexibility index (Phi) is 10.5. The summed E-state index contributed by atoms with van der Waals surface area (Å²) in [7, 11) is 0.410. The second-order valence-corrected chi connectivity index (χ2v) is 7.89. The van der Waals surface area contributed by atoms with Gasteiger partial charge >= 0.3 is 0 Å². The molecule has 86 valence electrons. The van der Waals surface area contributed by atoms with Crippen LogP contribution in [0, 0.1) is 0 Å². The topological polar surface area (TPSA) is 72.5 Å². The molecule has 1 heterocycles. The molecule has 5 heteroatoms. The van der Waals surface area contributed by atoms with Crippen molar-refractivity contribution in [2.24, 2.45) is 5.73 Å². The minimum atomic E-state index is -1.09. The Bertz CT molecular complexity index is 139. The summed E-state index contributed by atoms with van der Waals surface area (Å²) in [6.07, 6.45) is 2.69. The van der Waals surface area contributed by atoms with E-state index in [1.54, 1.807) is 0 Å². The lowest BCUT2D eigenvalue weighted by Gasteiger charge is -2.27. The van der Waals surface area contributed by atoms with E-state index in [1.807, 2.05) is 0 Å². The Morgan fingerprint density at radius 2 is 1.79 bits per heavy atom. The summed E-state index contributed by atoms with van der Waals surface area (Å²) in [6.45, 7) is 6.71. The Labute approximate surface area is 87.6 Å². The molecule has 1 aliphatic rings. The van der Waals surface area contributed by atoms with Gasteiger partial charge in [0.25, 0.3) is 5.97 Å².